The highest BCUT2D eigenvalue weighted by molar-refractivity contribution is 5.98. The predicted octanol–water partition coefficient (Wildman–Crippen LogP) is 3.40. The van der Waals surface area contributed by atoms with Gasteiger partial charge in [0.1, 0.15) is 17.2 Å². The number of amides is 1. The lowest BCUT2D eigenvalue weighted by Gasteiger charge is -2.36. The van der Waals surface area contributed by atoms with Crippen LogP contribution >= 0.6 is 0 Å². The van der Waals surface area contributed by atoms with E-state index in [2.05, 4.69) is 27.7 Å². The van der Waals surface area contributed by atoms with Crippen molar-refractivity contribution in [3.63, 3.8) is 0 Å². The normalized spacial score (nSPS) is 20.4. The fourth-order valence-corrected chi connectivity index (χ4v) is 5.12. The standard InChI is InChI=1S/C26H30N6O2/c27-26(33)25-24-23(22(10-11-29-24)31-14-12-28-13-15-31)30-32(25)19-6-8-20(9-7-19)34-21-3-1-2-18(16-21)17-4-5-17/h1-3,6-9,16-17,22,28-29H,4-5,10-15H2,(H2,27,33)/t22-/m1/s1. The maximum Gasteiger partial charge on any atom is 0.269 e. The number of ether oxygens (including phenoxy) is 1. The molecule has 1 aromatic heterocycles. The summed E-state index contributed by atoms with van der Waals surface area (Å²) in [4.78, 5) is 14.9. The minimum atomic E-state index is -0.487. The molecule has 3 heterocycles. The van der Waals surface area contributed by atoms with Gasteiger partial charge in [-0.05, 0) is 67.1 Å². The Morgan fingerprint density at radius 1 is 1.00 bits per heavy atom. The molecule has 2 fully saturated rings. The predicted molar refractivity (Wildman–Crippen MR) is 131 cm³/mol. The van der Waals surface area contributed by atoms with Crippen molar-refractivity contribution in [2.45, 2.75) is 31.2 Å². The molecule has 0 radical (unpaired) electrons. The molecule has 8 nitrogen and oxygen atoms in total. The second kappa shape index (κ2) is 8.77. The van der Waals surface area contributed by atoms with Crippen molar-refractivity contribution in [1.29, 1.82) is 0 Å². The molecule has 8 heteroatoms. The summed E-state index contributed by atoms with van der Waals surface area (Å²) in [5.74, 6) is 1.78. The van der Waals surface area contributed by atoms with E-state index in [1.165, 1.54) is 18.4 Å². The average molecular weight is 459 g/mol. The number of anilines is 1. The first-order chi connectivity index (χ1) is 16.7. The van der Waals surface area contributed by atoms with Gasteiger partial charge in [-0.3, -0.25) is 9.69 Å². The molecule has 6 rings (SSSR count). The number of hydrogen-bond acceptors (Lipinski definition) is 6. The summed E-state index contributed by atoms with van der Waals surface area (Å²) < 4.78 is 7.78. The molecule has 1 saturated heterocycles. The lowest BCUT2D eigenvalue weighted by atomic mass is 10.0. The largest absolute Gasteiger partial charge is 0.457 e. The summed E-state index contributed by atoms with van der Waals surface area (Å²) in [5, 5.41) is 11.7. The number of nitrogens with zero attached hydrogens (tertiary/aromatic N) is 3. The summed E-state index contributed by atoms with van der Waals surface area (Å²) in [6, 6.07) is 16.2. The van der Waals surface area contributed by atoms with E-state index in [0.29, 0.717) is 11.6 Å². The zero-order valence-electron chi connectivity index (χ0n) is 19.2. The van der Waals surface area contributed by atoms with E-state index in [1.54, 1.807) is 4.68 Å². The van der Waals surface area contributed by atoms with Gasteiger partial charge in [0, 0.05) is 32.7 Å². The van der Waals surface area contributed by atoms with Gasteiger partial charge in [-0.15, -0.1) is 0 Å². The number of aromatic nitrogens is 2. The summed E-state index contributed by atoms with van der Waals surface area (Å²) in [7, 11) is 0. The Balaban J connectivity index is 1.29. The number of piperazine rings is 1. The lowest BCUT2D eigenvalue weighted by molar-refractivity contribution is 0.0993. The van der Waals surface area contributed by atoms with Gasteiger partial charge in [0.15, 0.2) is 5.69 Å². The van der Waals surface area contributed by atoms with E-state index in [4.69, 9.17) is 15.6 Å². The zero-order valence-corrected chi connectivity index (χ0v) is 19.2. The molecule has 2 aliphatic heterocycles. The topological polar surface area (TPSA) is 97.4 Å². The smallest absolute Gasteiger partial charge is 0.269 e. The second-order valence-corrected chi connectivity index (χ2v) is 9.34. The van der Waals surface area contributed by atoms with E-state index < -0.39 is 5.91 Å². The minimum Gasteiger partial charge on any atom is -0.457 e. The lowest BCUT2D eigenvalue weighted by Crippen LogP contribution is -2.46. The van der Waals surface area contributed by atoms with Crippen LogP contribution in [0.4, 0.5) is 5.69 Å². The van der Waals surface area contributed by atoms with E-state index in [0.717, 1.165) is 67.7 Å². The van der Waals surface area contributed by atoms with Gasteiger partial charge in [-0.25, -0.2) is 4.68 Å². The van der Waals surface area contributed by atoms with Crippen LogP contribution in [0, 0.1) is 0 Å². The maximum absolute atomic E-state index is 12.5. The Hall–Kier alpha value is -3.36. The van der Waals surface area contributed by atoms with Crippen LogP contribution in [0.25, 0.3) is 5.69 Å². The summed E-state index contributed by atoms with van der Waals surface area (Å²) in [6.45, 7) is 4.66. The third-order valence-electron chi connectivity index (χ3n) is 7.00. The summed E-state index contributed by atoms with van der Waals surface area (Å²) >= 11 is 0. The van der Waals surface area contributed by atoms with Crippen molar-refractivity contribution in [3.05, 3.63) is 65.5 Å². The van der Waals surface area contributed by atoms with Crippen LogP contribution in [-0.4, -0.2) is 53.3 Å². The highest BCUT2D eigenvalue weighted by Gasteiger charge is 2.34. The fraction of sp³-hybridized carbons (Fsp3) is 0.385. The van der Waals surface area contributed by atoms with Gasteiger partial charge >= 0.3 is 0 Å². The molecular formula is C26H30N6O2. The fourth-order valence-electron chi connectivity index (χ4n) is 5.12. The van der Waals surface area contributed by atoms with Gasteiger partial charge in [-0.1, -0.05) is 12.1 Å². The van der Waals surface area contributed by atoms with E-state index >= 15 is 0 Å². The van der Waals surface area contributed by atoms with Crippen LogP contribution in [0.5, 0.6) is 11.5 Å². The Bertz CT molecular complexity index is 1190. The molecule has 1 atom stereocenters. The summed E-state index contributed by atoms with van der Waals surface area (Å²) in [6.07, 6.45) is 3.48. The third-order valence-corrected chi connectivity index (χ3v) is 7.00. The molecule has 1 saturated carbocycles. The van der Waals surface area contributed by atoms with Crippen molar-refractivity contribution in [2.75, 3.05) is 38.0 Å². The quantitative estimate of drug-likeness (QED) is 0.524. The molecule has 0 spiro atoms. The van der Waals surface area contributed by atoms with Crippen LogP contribution in [0.3, 0.4) is 0 Å². The number of primary amides is 1. The van der Waals surface area contributed by atoms with Gasteiger partial charge < -0.3 is 21.1 Å². The molecule has 1 amide bonds. The van der Waals surface area contributed by atoms with Crippen molar-refractivity contribution in [1.82, 2.24) is 20.0 Å². The molecular weight excluding hydrogens is 428 g/mol. The first kappa shape index (κ1) is 21.2. The Morgan fingerprint density at radius 2 is 1.79 bits per heavy atom. The summed E-state index contributed by atoms with van der Waals surface area (Å²) in [5.41, 5.74) is 10.0. The Labute approximate surface area is 199 Å². The number of nitrogens with two attached hydrogens (primary N) is 1. The van der Waals surface area contributed by atoms with Gasteiger partial charge in [0.25, 0.3) is 5.91 Å². The van der Waals surface area contributed by atoms with E-state index in [-0.39, 0.29) is 6.04 Å². The molecule has 176 valence electrons. The minimum absolute atomic E-state index is 0.180. The molecule has 0 bridgehead atoms. The van der Waals surface area contributed by atoms with Crippen molar-refractivity contribution < 1.29 is 9.53 Å². The van der Waals surface area contributed by atoms with Gasteiger partial charge in [-0.2, -0.15) is 5.10 Å². The van der Waals surface area contributed by atoms with Crippen molar-refractivity contribution in [2.24, 2.45) is 5.73 Å². The van der Waals surface area contributed by atoms with Crippen LogP contribution < -0.4 is 21.1 Å². The number of benzene rings is 2. The first-order valence-corrected chi connectivity index (χ1v) is 12.2. The highest BCUT2D eigenvalue weighted by atomic mass is 16.5. The molecule has 0 unspecified atom stereocenters. The monoisotopic (exact) mass is 458 g/mol. The first-order valence-electron chi connectivity index (χ1n) is 12.2. The van der Waals surface area contributed by atoms with Gasteiger partial charge in [0.2, 0.25) is 0 Å². The Kier molecular flexibility index (Phi) is 5.47. The maximum atomic E-state index is 12.5. The SMILES string of the molecule is NC(=O)c1c2c(nn1-c1ccc(Oc3cccc(C4CC4)c3)cc1)[C@H](N1CCNCC1)CCN2. The van der Waals surface area contributed by atoms with Crippen molar-refractivity contribution >= 4 is 11.6 Å². The zero-order chi connectivity index (χ0) is 23.1. The van der Waals surface area contributed by atoms with Crippen molar-refractivity contribution in [3.8, 4) is 17.2 Å². The third kappa shape index (κ3) is 4.03. The van der Waals surface area contributed by atoms with Crippen LogP contribution in [0.15, 0.2) is 48.5 Å². The number of hydrogen-bond donors (Lipinski definition) is 3. The van der Waals surface area contributed by atoms with E-state index in [9.17, 15) is 4.79 Å². The number of rotatable bonds is 6. The molecule has 3 aliphatic rings. The second-order valence-electron chi connectivity index (χ2n) is 9.34. The highest BCUT2D eigenvalue weighted by Crippen LogP contribution is 2.41. The molecule has 4 N–H and O–H groups in total. The number of fused-ring (bicyclic) bond motifs is 1. The van der Waals surface area contributed by atoms with Crippen LogP contribution in [0.2, 0.25) is 0 Å². The molecule has 3 aromatic rings. The van der Waals surface area contributed by atoms with Crippen LogP contribution in [-0.2, 0) is 0 Å². The molecule has 1 aliphatic carbocycles. The average Bonchev–Trinajstić information content (AvgIpc) is 3.64. The Morgan fingerprint density at radius 3 is 2.53 bits per heavy atom. The number of carbonyl (C=O) groups is 1. The van der Waals surface area contributed by atoms with Gasteiger partial charge in [0.05, 0.1) is 17.4 Å². The van der Waals surface area contributed by atoms with Crippen LogP contribution in [0.1, 0.15) is 53.0 Å². The number of nitrogens with one attached hydrogen (secondary N) is 2. The molecule has 2 aromatic carbocycles. The molecule has 34 heavy (non-hydrogen) atoms. The number of carbonyl (C=O) groups excluding carboxylic acids is 1. The van der Waals surface area contributed by atoms with E-state index in [1.807, 2.05) is 36.4 Å².